The molecule has 1 aliphatic rings. The number of hydrogen-bond acceptors (Lipinski definition) is 2. The Hall–Kier alpha value is -0.760. The van der Waals surface area contributed by atoms with Crippen LogP contribution in [0.25, 0.3) is 0 Å². The molecule has 1 aromatic carbocycles. The van der Waals surface area contributed by atoms with Crippen molar-refractivity contribution in [2.45, 2.75) is 51.7 Å². The lowest BCUT2D eigenvalue weighted by atomic mass is 9.87. The Kier molecular flexibility index (Phi) is 5.50. The highest BCUT2D eigenvalue weighted by Crippen LogP contribution is 2.26. The predicted octanol–water partition coefficient (Wildman–Crippen LogP) is 4.69. The minimum atomic E-state index is 0.362. The maximum atomic E-state index is 12.1. The van der Waals surface area contributed by atoms with Crippen molar-refractivity contribution < 1.29 is 4.79 Å². The van der Waals surface area contributed by atoms with E-state index in [1.807, 2.05) is 0 Å². The van der Waals surface area contributed by atoms with Gasteiger partial charge >= 0.3 is 0 Å². The fraction of sp³-hybridized carbons (Fsp3) is 0.588. The van der Waals surface area contributed by atoms with E-state index in [9.17, 15) is 4.79 Å². The van der Waals surface area contributed by atoms with Crippen molar-refractivity contribution in [2.24, 2.45) is 5.92 Å². The Labute approximate surface area is 121 Å². The van der Waals surface area contributed by atoms with Gasteiger partial charge in [-0.15, -0.1) is 11.8 Å². The summed E-state index contributed by atoms with van der Waals surface area (Å²) in [6.45, 7) is 4.27. The van der Waals surface area contributed by atoms with Crippen molar-refractivity contribution in [1.29, 1.82) is 0 Å². The number of ketones is 1. The highest BCUT2D eigenvalue weighted by atomic mass is 32.2. The second kappa shape index (κ2) is 7.14. The molecular formula is C17H24OS. The molecule has 0 bridgehead atoms. The molecular weight excluding hydrogens is 252 g/mol. The number of hydrogen-bond donors (Lipinski definition) is 0. The van der Waals surface area contributed by atoms with Gasteiger partial charge in [-0.2, -0.15) is 0 Å². The van der Waals surface area contributed by atoms with E-state index in [1.54, 1.807) is 11.8 Å². The highest BCUT2D eigenvalue weighted by molar-refractivity contribution is 7.99. The SMILES string of the molecule is Cc1cc(C)cc(CSCC(=O)C2CCCCC2)c1. The first-order valence-corrected chi connectivity index (χ1v) is 8.48. The van der Waals surface area contributed by atoms with Gasteiger partial charge in [0, 0.05) is 11.7 Å². The van der Waals surface area contributed by atoms with Gasteiger partial charge < -0.3 is 0 Å². The molecule has 0 amide bonds. The van der Waals surface area contributed by atoms with Gasteiger partial charge in [0.2, 0.25) is 0 Å². The van der Waals surface area contributed by atoms with Gasteiger partial charge in [-0.3, -0.25) is 4.79 Å². The Morgan fingerprint density at radius 2 is 1.74 bits per heavy atom. The molecule has 0 unspecified atom stereocenters. The summed E-state index contributed by atoms with van der Waals surface area (Å²) < 4.78 is 0. The number of benzene rings is 1. The summed E-state index contributed by atoms with van der Waals surface area (Å²) in [6, 6.07) is 6.65. The fourth-order valence-corrected chi connectivity index (χ4v) is 3.91. The van der Waals surface area contributed by atoms with Crippen LogP contribution in [-0.4, -0.2) is 11.5 Å². The van der Waals surface area contributed by atoms with Gasteiger partial charge in [0.1, 0.15) is 5.78 Å². The lowest BCUT2D eigenvalue weighted by molar-refractivity contribution is -0.121. The van der Waals surface area contributed by atoms with E-state index in [0.29, 0.717) is 17.5 Å². The zero-order valence-corrected chi connectivity index (χ0v) is 12.9. The van der Waals surface area contributed by atoms with Crippen LogP contribution in [-0.2, 0) is 10.5 Å². The van der Waals surface area contributed by atoms with Crippen LogP contribution < -0.4 is 0 Å². The molecule has 1 nitrogen and oxygen atoms in total. The van der Waals surface area contributed by atoms with E-state index in [-0.39, 0.29) is 0 Å². The first-order valence-electron chi connectivity index (χ1n) is 7.33. The van der Waals surface area contributed by atoms with E-state index < -0.39 is 0 Å². The number of Topliss-reactive ketones (excluding diaryl/α,β-unsaturated/α-hetero) is 1. The van der Waals surface area contributed by atoms with Crippen molar-refractivity contribution in [1.82, 2.24) is 0 Å². The van der Waals surface area contributed by atoms with Crippen LogP contribution in [0.4, 0.5) is 0 Å². The van der Waals surface area contributed by atoms with E-state index >= 15 is 0 Å². The predicted molar refractivity (Wildman–Crippen MR) is 83.7 cm³/mol. The Balaban J connectivity index is 1.77. The zero-order valence-electron chi connectivity index (χ0n) is 12.1. The molecule has 104 valence electrons. The molecule has 1 aliphatic carbocycles. The maximum Gasteiger partial charge on any atom is 0.145 e. The minimum Gasteiger partial charge on any atom is -0.298 e. The molecule has 0 aromatic heterocycles. The van der Waals surface area contributed by atoms with Crippen molar-refractivity contribution >= 4 is 17.5 Å². The average molecular weight is 276 g/mol. The lowest BCUT2D eigenvalue weighted by Crippen LogP contribution is -2.19. The van der Waals surface area contributed by atoms with Crippen LogP contribution in [0.2, 0.25) is 0 Å². The van der Waals surface area contributed by atoms with Gasteiger partial charge in [0.05, 0.1) is 5.75 Å². The number of carbonyl (C=O) groups is 1. The smallest absolute Gasteiger partial charge is 0.145 e. The van der Waals surface area contributed by atoms with Crippen molar-refractivity contribution in [3.63, 3.8) is 0 Å². The van der Waals surface area contributed by atoms with Crippen LogP contribution in [0.15, 0.2) is 18.2 Å². The van der Waals surface area contributed by atoms with Crippen LogP contribution in [0.5, 0.6) is 0 Å². The lowest BCUT2D eigenvalue weighted by Gasteiger charge is -2.19. The van der Waals surface area contributed by atoms with E-state index in [2.05, 4.69) is 32.0 Å². The molecule has 0 spiro atoms. The summed E-state index contributed by atoms with van der Waals surface area (Å²) in [6.07, 6.45) is 6.07. The first kappa shape index (κ1) is 14.6. The molecule has 0 N–H and O–H groups in total. The topological polar surface area (TPSA) is 17.1 Å². The van der Waals surface area contributed by atoms with E-state index in [4.69, 9.17) is 0 Å². The maximum absolute atomic E-state index is 12.1. The summed E-state index contributed by atoms with van der Waals surface area (Å²) in [5.74, 6) is 2.49. The molecule has 1 fully saturated rings. The molecule has 2 heteroatoms. The normalized spacial score (nSPS) is 16.5. The Morgan fingerprint density at radius 3 is 2.37 bits per heavy atom. The summed E-state index contributed by atoms with van der Waals surface area (Å²) in [5, 5.41) is 0. The van der Waals surface area contributed by atoms with Gasteiger partial charge in [0.15, 0.2) is 0 Å². The van der Waals surface area contributed by atoms with Crippen molar-refractivity contribution in [2.75, 3.05) is 5.75 Å². The van der Waals surface area contributed by atoms with Gasteiger partial charge in [0.25, 0.3) is 0 Å². The monoisotopic (exact) mass is 276 g/mol. The summed E-state index contributed by atoms with van der Waals surface area (Å²) in [7, 11) is 0. The second-order valence-electron chi connectivity index (χ2n) is 5.79. The molecule has 0 radical (unpaired) electrons. The quantitative estimate of drug-likeness (QED) is 0.776. The Bertz CT molecular complexity index is 413. The number of aryl methyl sites for hydroxylation is 2. The van der Waals surface area contributed by atoms with Crippen molar-refractivity contribution in [3.05, 3.63) is 34.9 Å². The van der Waals surface area contributed by atoms with Crippen LogP contribution in [0, 0.1) is 19.8 Å². The van der Waals surface area contributed by atoms with E-state index in [1.165, 1.54) is 36.0 Å². The third-order valence-electron chi connectivity index (χ3n) is 3.86. The van der Waals surface area contributed by atoms with Gasteiger partial charge in [-0.25, -0.2) is 0 Å². The molecule has 1 saturated carbocycles. The van der Waals surface area contributed by atoms with Gasteiger partial charge in [-0.1, -0.05) is 48.6 Å². The molecule has 19 heavy (non-hydrogen) atoms. The largest absolute Gasteiger partial charge is 0.298 e. The third kappa shape index (κ3) is 4.68. The molecule has 0 heterocycles. The summed E-state index contributed by atoms with van der Waals surface area (Å²) in [5.41, 5.74) is 3.97. The summed E-state index contributed by atoms with van der Waals surface area (Å²) in [4.78, 5) is 12.1. The molecule has 1 aromatic rings. The molecule has 2 rings (SSSR count). The minimum absolute atomic E-state index is 0.362. The number of carbonyl (C=O) groups excluding carboxylic acids is 1. The molecule has 0 atom stereocenters. The fourth-order valence-electron chi connectivity index (χ4n) is 2.96. The van der Waals surface area contributed by atoms with Crippen LogP contribution in [0.3, 0.4) is 0 Å². The second-order valence-corrected chi connectivity index (χ2v) is 6.78. The molecule has 0 aliphatic heterocycles. The molecule has 0 saturated heterocycles. The van der Waals surface area contributed by atoms with Crippen LogP contribution in [0.1, 0.15) is 48.8 Å². The first-order chi connectivity index (χ1) is 9.15. The number of rotatable bonds is 5. The number of thioether (sulfide) groups is 1. The standard InChI is InChI=1S/C17H24OS/c1-13-8-14(2)10-15(9-13)11-19-12-17(18)16-6-4-3-5-7-16/h8-10,16H,3-7,11-12H2,1-2H3. The van der Waals surface area contributed by atoms with Gasteiger partial charge in [-0.05, 0) is 32.3 Å². The van der Waals surface area contributed by atoms with E-state index in [0.717, 1.165) is 18.6 Å². The average Bonchev–Trinajstić information content (AvgIpc) is 2.38. The highest BCUT2D eigenvalue weighted by Gasteiger charge is 2.20. The third-order valence-corrected chi connectivity index (χ3v) is 4.88. The van der Waals surface area contributed by atoms with Crippen molar-refractivity contribution in [3.8, 4) is 0 Å². The summed E-state index contributed by atoms with van der Waals surface area (Å²) >= 11 is 1.78. The zero-order chi connectivity index (χ0) is 13.7. The Morgan fingerprint density at radius 1 is 1.11 bits per heavy atom. The van der Waals surface area contributed by atoms with Crippen LogP contribution >= 0.6 is 11.8 Å².